The largest absolute Gasteiger partial charge is 0.493 e. The van der Waals surface area contributed by atoms with E-state index >= 15 is 0 Å². The molecule has 0 spiro atoms. The van der Waals surface area contributed by atoms with Crippen molar-refractivity contribution in [1.82, 2.24) is 14.4 Å². The van der Waals surface area contributed by atoms with Crippen molar-refractivity contribution in [2.45, 2.75) is 31.3 Å². The van der Waals surface area contributed by atoms with Gasteiger partial charge in [0.05, 0.1) is 27.7 Å². The number of ether oxygens (including phenoxy) is 2. The van der Waals surface area contributed by atoms with Crippen LogP contribution < -0.4 is 4.74 Å². The van der Waals surface area contributed by atoms with Gasteiger partial charge >= 0.3 is 5.97 Å². The first-order valence-electron chi connectivity index (χ1n) is 10.4. The fourth-order valence-corrected chi connectivity index (χ4v) is 5.20. The molecule has 0 bridgehead atoms. The quantitative estimate of drug-likeness (QED) is 0.436. The second-order valence-corrected chi connectivity index (χ2v) is 9.62. The molecular formula is C22H22ClN3O6S. The van der Waals surface area contributed by atoms with Crippen LogP contribution in [0.4, 0.5) is 0 Å². The maximum atomic E-state index is 12.8. The van der Waals surface area contributed by atoms with Gasteiger partial charge in [-0.2, -0.15) is 9.29 Å². The normalized spacial score (nSPS) is 14.4. The van der Waals surface area contributed by atoms with Gasteiger partial charge in [0.2, 0.25) is 15.8 Å². The molecular weight excluding hydrogens is 470 g/mol. The van der Waals surface area contributed by atoms with E-state index in [1.165, 1.54) is 22.5 Å². The standard InChI is InChI=1S/C22H22ClN3O6S/c1-2-30-19-8-4-3-7-16(19)21-24-20(32-25-21)14-31-22(27)17-13-15(9-10-18(17)23)33(28,29)26-11-5-6-12-26/h3-4,7-10,13H,2,5-6,11-12,14H2,1H3. The Labute approximate surface area is 196 Å². The van der Waals surface area contributed by atoms with Gasteiger partial charge in [-0.15, -0.1) is 0 Å². The number of carbonyl (C=O) groups is 1. The van der Waals surface area contributed by atoms with E-state index in [2.05, 4.69) is 10.1 Å². The number of para-hydroxylation sites is 1. The number of halogens is 1. The van der Waals surface area contributed by atoms with Gasteiger partial charge in [-0.05, 0) is 50.1 Å². The summed E-state index contributed by atoms with van der Waals surface area (Å²) in [6.07, 6.45) is 1.62. The van der Waals surface area contributed by atoms with E-state index in [-0.39, 0.29) is 28.0 Å². The van der Waals surface area contributed by atoms with Gasteiger partial charge in [0.1, 0.15) is 5.75 Å². The number of aromatic nitrogens is 2. The van der Waals surface area contributed by atoms with Crippen LogP contribution in [-0.2, 0) is 21.4 Å². The van der Waals surface area contributed by atoms with E-state index in [0.29, 0.717) is 36.8 Å². The number of carbonyl (C=O) groups excluding carboxylic acids is 1. The van der Waals surface area contributed by atoms with Crippen LogP contribution in [0.5, 0.6) is 5.75 Å². The molecule has 0 atom stereocenters. The summed E-state index contributed by atoms with van der Waals surface area (Å²) in [6, 6.07) is 11.2. The highest BCUT2D eigenvalue weighted by Crippen LogP contribution is 2.28. The molecule has 2 aromatic carbocycles. The van der Waals surface area contributed by atoms with Crippen LogP contribution >= 0.6 is 11.6 Å². The molecule has 0 N–H and O–H groups in total. The summed E-state index contributed by atoms with van der Waals surface area (Å²) < 4.78 is 43.0. The molecule has 0 radical (unpaired) electrons. The molecule has 2 heterocycles. The van der Waals surface area contributed by atoms with Gasteiger partial charge in [0, 0.05) is 13.1 Å². The number of hydrogen-bond acceptors (Lipinski definition) is 8. The van der Waals surface area contributed by atoms with Gasteiger partial charge in [0.15, 0.2) is 6.61 Å². The van der Waals surface area contributed by atoms with Crippen molar-refractivity contribution < 1.29 is 27.2 Å². The van der Waals surface area contributed by atoms with Crippen molar-refractivity contribution >= 4 is 27.6 Å². The third kappa shape index (κ3) is 5.02. The van der Waals surface area contributed by atoms with Crippen molar-refractivity contribution in [2.24, 2.45) is 0 Å². The summed E-state index contributed by atoms with van der Waals surface area (Å²) in [5.41, 5.74) is 0.585. The van der Waals surface area contributed by atoms with Crippen LogP contribution in [0.25, 0.3) is 11.4 Å². The van der Waals surface area contributed by atoms with E-state index in [1.54, 1.807) is 12.1 Å². The first-order chi connectivity index (χ1) is 15.9. The maximum absolute atomic E-state index is 12.8. The zero-order chi connectivity index (χ0) is 23.4. The van der Waals surface area contributed by atoms with Gasteiger partial charge in [-0.25, -0.2) is 13.2 Å². The highest BCUT2D eigenvalue weighted by Gasteiger charge is 2.28. The summed E-state index contributed by atoms with van der Waals surface area (Å²) in [6.45, 7) is 2.95. The zero-order valence-electron chi connectivity index (χ0n) is 17.9. The Morgan fingerprint density at radius 2 is 1.94 bits per heavy atom. The summed E-state index contributed by atoms with van der Waals surface area (Å²) in [5.74, 6) is 0.170. The Hall–Kier alpha value is -2.95. The molecule has 11 heteroatoms. The molecule has 33 heavy (non-hydrogen) atoms. The molecule has 0 saturated carbocycles. The molecule has 174 valence electrons. The first-order valence-corrected chi connectivity index (χ1v) is 12.2. The van der Waals surface area contributed by atoms with Crippen LogP contribution in [0, 0.1) is 0 Å². The molecule has 4 rings (SSSR count). The number of rotatable bonds is 8. The Morgan fingerprint density at radius 3 is 2.70 bits per heavy atom. The molecule has 3 aromatic rings. The molecule has 1 aliphatic rings. The second-order valence-electron chi connectivity index (χ2n) is 7.27. The molecule has 1 fully saturated rings. The van der Waals surface area contributed by atoms with E-state index < -0.39 is 16.0 Å². The monoisotopic (exact) mass is 491 g/mol. The second kappa shape index (κ2) is 9.90. The Bertz CT molecular complexity index is 1250. The number of nitrogens with zero attached hydrogens (tertiary/aromatic N) is 3. The molecule has 0 aliphatic carbocycles. The van der Waals surface area contributed by atoms with Crippen LogP contribution in [0.15, 0.2) is 51.9 Å². The predicted octanol–water partition coefficient (Wildman–Crippen LogP) is 3.93. The lowest BCUT2D eigenvalue weighted by molar-refractivity contribution is 0.0429. The average Bonchev–Trinajstić information content (AvgIpc) is 3.51. The van der Waals surface area contributed by atoms with E-state index in [0.717, 1.165) is 12.8 Å². The molecule has 1 aliphatic heterocycles. The van der Waals surface area contributed by atoms with Crippen LogP contribution in [-0.4, -0.2) is 48.5 Å². The van der Waals surface area contributed by atoms with Crippen LogP contribution in [0.2, 0.25) is 5.02 Å². The minimum atomic E-state index is -3.70. The van der Waals surface area contributed by atoms with Gasteiger partial charge in [-0.3, -0.25) is 0 Å². The van der Waals surface area contributed by atoms with E-state index in [9.17, 15) is 13.2 Å². The average molecular weight is 492 g/mol. The van der Waals surface area contributed by atoms with Crippen molar-refractivity contribution in [3.63, 3.8) is 0 Å². The number of hydrogen-bond donors (Lipinski definition) is 0. The number of sulfonamides is 1. The minimum Gasteiger partial charge on any atom is -0.493 e. The summed E-state index contributed by atoms with van der Waals surface area (Å²) in [4.78, 5) is 16.9. The minimum absolute atomic E-state index is 0.00615. The summed E-state index contributed by atoms with van der Waals surface area (Å²) in [5, 5.41) is 4.00. The third-order valence-electron chi connectivity index (χ3n) is 5.08. The van der Waals surface area contributed by atoms with Gasteiger partial charge < -0.3 is 14.0 Å². The van der Waals surface area contributed by atoms with Gasteiger partial charge in [-0.1, -0.05) is 28.9 Å². The van der Waals surface area contributed by atoms with Crippen molar-refractivity contribution in [2.75, 3.05) is 19.7 Å². The highest BCUT2D eigenvalue weighted by atomic mass is 35.5. The summed E-state index contributed by atoms with van der Waals surface area (Å²) in [7, 11) is -3.70. The molecule has 1 aromatic heterocycles. The number of benzene rings is 2. The molecule has 9 nitrogen and oxygen atoms in total. The van der Waals surface area contributed by atoms with Crippen molar-refractivity contribution in [3.05, 3.63) is 58.9 Å². The molecule has 0 unspecified atom stereocenters. The topological polar surface area (TPSA) is 112 Å². The maximum Gasteiger partial charge on any atom is 0.340 e. The summed E-state index contributed by atoms with van der Waals surface area (Å²) >= 11 is 6.14. The molecule has 0 amide bonds. The first kappa shape index (κ1) is 23.2. The Balaban J connectivity index is 1.48. The van der Waals surface area contributed by atoms with E-state index in [1.807, 2.05) is 19.1 Å². The lowest BCUT2D eigenvalue weighted by Crippen LogP contribution is -2.28. The highest BCUT2D eigenvalue weighted by molar-refractivity contribution is 7.89. The lowest BCUT2D eigenvalue weighted by atomic mass is 10.2. The smallest absolute Gasteiger partial charge is 0.340 e. The Kier molecular flexibility index (Phi) is 6.96. The van der Waals surface area contributed by atoms with Crippen LogP contribution in [0.3, 0.4) is 0 Å². The molecule has 1 saturated heterocycles. The predicted molar refractivity (Wildman–Crippen MR) is 119 cm³/mol. The lowest BCUT2D eigenvalue weighted by Gasteiger charge is -2.16. The number of esters is 1. The van der Waals surface area contributed by atoms with Crippen molar-refractivity contribution in [3.8, 4) is 17.1 Å². The SMILES string of the molecule is CCOc1ccccc1-c1noc(COC(=O)c2cc(S(=O)(=O)N3CCCC3)ccc2Cl)n1. The van der Waals surface area contributed by atoms with Gasteiger partial charge in [0.25, 0.3) is 5.89 Å². The van der Waals surface area contributed by atoms with Crippen LogP contribution in [0.1, 0.15) is 36.0 Å². The zero-order valence-corrected chi connectivity index (χ0v) is 19.4. The fraction of sp³-hybridized carbons (Fsp3) is 0.318. The van der Waals surface area contributed by atoms with Crippen molar-refractivity contribution in [1.29, 1.82) is 0 Å². The third-order valence-corrected chi connectivity index (χ3v) is 7.31. The van der Waals surface area contributed by atoms with E-state index in [4.69, 9.17) is 25.6 Å². The Morgan fingerprint density at radius 1 is 1.18 bits per heavy atom. The fourth-order valence-electron chi connectivity index (χ4n) is 3.46.